The summed E-state index contributed by atoms with van der Waals surface area (Å²) in [6.45, 7) is -0.760. The van der Waals surface area contributed by atoms with Crippen molar-refractivity contribution in [1.82, 2.24) is 0 Å². The second-order valence-corrected chi connectivity index (χ2v) is 2.64. The molecule has 0 fully saturated rings. The summed E-state index contributed by atoms with van der Waals surface area (Å²) < 4.78 is 0. The number of hydrogen-bond acceptors (Lipinski definition) is 7. The van der Waals surface area contributed by atoms with Crippen LogP contribution in [0.4, 0.5) is 4.79 Å². The van der Waals surface area contributed by atoms with E-state index in [1.807, 2.05) is 0 Å². The molecule has 0 saturated heterocycles. The van der Waals surface area contributed by atoms with E-state index in [0.717, 1.165) is 0 Å². The van der Waals surface area contributed by atoms with Gasteiger partial charge in [0.2, 0.25) is 0 Å². The third-order valence-corrected chi connectivity index (χ3v) is 1.42. The van der Waals surface area contributed by atoms with Crippen LogP contribution in [-0.2, 0) is 4.79 Å². The second kappa shape index (κ2) is 9.00. The van der Waals surface area contributed by atoms with Crippen LogP contribution in [0.3, 0.4) is 0 Å². The van der Waals surface area contributed by atoms with Gasteiger partial charge >= 0.3 is 6.16 Å². The van der Waals surface area contributed by atoms with Crippen LogP contribution in [0.2, 0.25) is 0 Å². The van der Waals surface area contributed by atoms with Gasteiger partial charge in [-0.15, -0.1) is 0 Å². The molecule has 4 unspecified atom stereocenters. The van der Waals surface area contributed by atoms with Crippen LogP contribution < -0.4 is 0 Å². The molecule has 0 spiro atoms. The van der Waals surface area contributed by atoms with Crippen molar-refractivity contribution in [3.8, 4) is 0 Å². The third kappa shape index (κ3) is 8.08. The monoisotopic (exact) mass is 242 g/mol. The zero-order chi connectivity index (χ0) is 13.3. The molecule has 0 radical (unpaired) electrons. The average molecular weight is 242 g/mol. The number of aliphatic hydroxyl groups is 5. The van der Waals surface area contributed by atoms with Gasteiger partial charge in [0.15, 0.2) is 6.29 Å². The van der Waals surface area contributed by atoms with Gasteiger partial charge in [-0.1, -0.05) is 0 Å². The molecule has 0 bridgehead atoms. The summed E-state index contributed by atoms with van der Waals surface area (Å²) in [6, 6.07) is 0. The Kier molecular flexibility index (Phi) is 9.65. The SMILES string of the molecule is O=C(O)O.O=CC(O)C(O)C(O)C(O)CO. The number of carbonyl (C=O) groups is 2. The lowest BCUT2D eigenvalue weighted by atomic mass is 10.0. The summed E-state index contributed by atoms with van der Waals surface area (Å²) in [5, 5.41) is 57.5. The van der Waals surface area contributed by atoms with Crippen LogP contribution in [0, 0.1) is 0 Å². The van der Waals surface area contributed by atoms with Crippen molar-refractivity contribution in [1.29, 1.82) is 0 Å². The van der Waals surface area contributed by atoms with Gasteiger partial charge in [0, 0.05) is 0 Å². The Balaban J connectivity index is 0. The number of carboxylic acid groups (broad SMARTS) is 2. The van der Waals surface area contributed by atoms with Gasteiger partial charge in [0.05, 0.1) is 6.61 Å². The molecule has 0 heterocycles. The number of carbonyl (C=O) groups excluding carboxylic acids is 1. The Morgan fingerprint density at radius 3 is 1.69 bits per heavy atom. The van der Waals surface area contributed by atoms with E-state index in [2.05, 4.69) is 0 Å². The zero-order valence-corrected chi connectivity index (χ0v) is 8.04. The van der Waals surface area contributed by atoms with Gasteiger partial charge in [-0.25, -0.2) is 4.79 Å². The van der Waals surface area contributed by atoms with Crippen molar-refractivity contribution in [2.75, 3.05) is 6.61 Å². The molecule has 96 valence electrons. The summed E-state index contributed by atoms with van der Waals surface area (Å²) in [4.78, 5) is 18.5. The van der Waals surface area contributed by atoms with E-state index in [1.54, 1.807) is 0 Å². The van der Waals surface area contributed by atoms with E-state index < -0.39 is 37.2 Å². The minimum absolute atomic E-state index is 0.0258. The van der Waals surface area contributed by atoms with Crippen molar-refractivity contribution in [3.63, 3.8) is 0 Å². The fourth-order valence-electron chi connectivity index (χ4n) is 0.618. The lowest BCUT2D eigenvalue weighted by molar-refractivity contribution is -0.136. The molecular formula is C7H14O9. The van der Waals surface area contributed by atoms with E-state index in [-0.39, 0.29) is 6.29 Å². The Morgan fingerprint density at radius 2 is 1.44 bits per heavy atom. The Hall–Kier alpha value is -1.26. The highest BCUT2D eigenvalue weighted by Crippen LogP contribution is 2.02. The summed E-state index contributed by atoms with van der Waals surface area (Å²) in [5.74, 6) is 0. The maximum Gasteiger partial charge on any atom is 0.503 e. The quantitative estimate of drug-likeness (QED) is 0.245. The van der Waals surface area contributed by atoms with Crippen molar-refractivity contribution in [2.24, 2.45) is 0 Å². The molecule has 0 aliphatic rings. The molecule has 0 aromatic rings. The summed E-state index contributed by atoms with van der Waals surface area (Å²) in [7, 11) is 0. The highest BCUT2D eigenvalue weighted by molar-refractivity contribution is 5.56. The molecule has 9 nitrogen and oxygen atoms in total. The van der Waals surface area contributed by atoms with Crippen LogP contribution in [-0.4, -0.2) is 79.2 Å². The van der Waals surface area contributed by atoms with Gasteiger partial charge in [0.1, 0.15) is 24.4 Å². The molecule has 0 aliphatic heterocycles. The molecular weight excluding hydrogens is 228 g/mol. The molecule has 0 aliphatic carbocycles. The molecule has 16 heavy (non-hydrogen) atoms. The number of aliphatic hydroxyl groups excluding tert-OH is 5. The van der Waals surface area contributed by atoms with Gasteiger partial charge in [-0.3, -0.25) is 0 Å². The predicted molar refractivity (Wildman–Crippen MR) is 47.8 cm³/mol. The first-order valence-corrected chi connectivity index (χ1v) is 3.98. The van der Waals surface area contributed by atoms with E-state index in [0.29, 0.717) is 0 Å². The van der Waals surface area contributed by atoms with Crippen molar-refractivity contribution in [2.45, 2.75) is 24.4 Å². The molecule has 4 atom stereocenters. The molecule has 9 heteroatoms. The van der Waals surface area contributed by atoms with E-state index >= 15 is 0 Å². The minimum Gasteiger partial charge on any atom is -0.450 e. The maximum absolute atomic E-state index is 9.90. The lowest BCUT2D eigenvalue weighted by Gasteiger charge is -2.22. The standard InChI is InChI=1S/C6H12O6.CH2O3/c7-1-3(9)5(11)6(12)4(10)2-8;2-1(3)4/h1,3-6,8-12H,2H2;(H2,2,3,4). The third-order valence-electron chi connectivity index (χ3n) is 1.42. The van der Waals surface area contributed by atoms with Crippen molar-refractivity contribution in [3.05, 3.63) is 0 Å². The van der Waals surface area contributed by atoms with Gasteiger partial charge in [-0.05, 0) is 0 Å². The highest BCUT2D eigenvalue weighted by atomic mass is 16.6. The van der Waals surface area contributed by atoms with Crippen molar-refractivity contribution >= 4 is 12.4 Å². The summed E-state index contributed by atoms with van der Waals surface area (Å²) in [5.41, 5.74) is 0. The van der Waals surface area contributed by atoms with Gasteiger partial charge in [-0.2, -0.15) is 0 Å². The Labute approximate surface area is 89.8 Å². The summed E-state index contributed by atoms with van der Waals surface area (Å²) in [6.07, 6.45) is -8.67. The Morgan fingerprint density at radius 1 is 1.06 bits per heavy atom. The van der Waals surface area contributed by atoms with E-state index in [1.165, 1.54) is 0 Å². The van der Waals surface area contributed by atoms with Crippen LogP contribution in [0.1, 0.15) is 0 Å². The summed E-state index contributed by atoms with van der Waals surface area (Å²) >= 11 is 0. The maximum atomic E-state index is 9.90. The molecule has 0 rings (SSSR count). The largest absolute Gasteiger partial charge is 0.503 e. The number of aldehydes is 1. The topological polar surface area (TPSA) is 176 Å². The van der Waals surface area contributed by atoms with E-state index in [9.17, 15) is 4.79 Å². The smallest absolute Gasteiger partial charge is 0.450 e. The number of rotatable bonds is 5. The molecule has 0 amide bonds. The second-order valence-electron chi connectivity index (χ2n) is 2.64. The first-order valence-electron chi connectivity index (χ1n) is 3.98. The van der Waals surface area contributed by atoms with Crippen LogP contribution in [0.15, 0.2) is 0 Å². The fraction of sp³-hybridized carbons (Fsp3) is 0.714. The molecule has 7 N–H and O–H groups in total. The average Bonchev–Trinajstić information content (AvgIpc) is 2.24. The molecule has 0 saturated carbocycles. The van der Waals surface area contributed by atoms with E-state index in [4.69, 9.17) is 40.5 Å². The van der Waals surface area contributed by atoms with Crippen LogP contribution in [0.25, 0.3) is 0 Å². The normalized spacial score (nSPS) is 17.3. The van der Waals surface area contributed by atoms with Crippen LogP contribution in [0.5, 0.6) is 0 Å². The number of hydrogen-bond donors (Lipinski definition) is 7. The lowest BCUT2D eigenvalue weighted by Crippen LogP contribution is -2.46. The molecule has 0 aromatic carbocycles. The Bertz CT molecular complexity index is 202. The fourth-order valence-corrected chi connectivity index (χ4v) is 0.618. The highest BCUT2D eigenvalue weighted by Gasteiger charge is 2.29. The predicted octanol–water partition coefficient (Wildman–Crippen LogP) is -3.16. The molecule has 0 aromatic heterocycles. The minimum atomic E-state index is -1.83. The zero-order valence-electron chi connectivity index (χ0n) is 8.04. The first-order chi connectivity index (χ1) is 7.27. The van der Waals surface area contributed by atoms with Gasteiger partial charge in [0.25, 0.3) is 0 Å². The van der Waals surface area contributed by atoms with Crippen LogP contribution >= 0.6 is 0 Å². The van der Waals surface area contributed by atoms with Gasteiger partial charge < -0.3 is 40.5 Å². The first kappa shape index (κ1) is 17.1. The van der Waals surface area contributed by atoms with Crippen molar-refractivity contribution < 1.29 is 45.3 Å².